The molecule has 0 aromatic carbocycles. The minimum atomic E-state index is -5.89. The number of nitrogen functional groups attached to an aromatic ring is 2. The van der Waals surface area contributed by atoms with Crippen LogP contribution in [0, 0.1) is 0 Å². The number of aryl methyl sites for hydroxylation is 1. The van der Waals surface area contributed by atoms with Crippen LogP contribution >= 0.6 is 33.8 Å². The third-order valence-electron chi connectivity index (χ3n) is 7.65. The molecule has 4 aromatic heterocycles. The highest BCUT2D eigenvalue weighted by Crippen LogP contribution is 2.71. The number of H-pyrrole nitrogens is 1. The molecule has 31 heteroatoms. The van der Waals surface area contributed by atoms with Crippen LogP contribution in [0.15, 0.2) is 17.4 Å². The van der Waals surface area contributed by atoms with E-state index in [0.29, 0.717) is 0 Å². The van der Waals surface area contributed by atoms with Crippen LogP contribution < -0.4 is 21.6 Å². The third-order valence-corrected chi connectivity index (χ3v) is 14.3. The van der Waals surface area contributed by atoms with Crippen molar-refractivity contribution in [2.75, 3.05) is 23.8 Å². The fraction of sp³-hybridized carbons (Fsp3) is 0.524. The summed E-state index contributed by atoms with van der Waals surface area (Å²) < 4.78 is 65.4. The number of imidazole rings is 2. The number of aromatic nitrogens is 8. The van der Waals surface area contributed by atoms with Crippen molar-refractivity contribution >= 4 is 68.0 Å². The van der Waals surface area contributed by atoms with E-state index in [1.165, 1.54) is 22.5 Å². The second-order valence-corrected chi connectivity index (χ2v) is 18.4. The topological polar surface area (TPSA) is 409 Å². The number of ether oxygens (including phenoxy) is 2. The number of aromatic amines is 1. The molecule has 11 atom stereocenters. The van der Waals surface area contributed by atoms with Crippen LogP contribution in [0.2, 0.25) is 0 Å². The molecular formula is C21H30N10O17P3S+. The number of nitrogens with one attached hydrogen (secondary N) is 1. The Balaban J connectivity index is 1.04. The number of nitrogens with zero attached hydrogens (tertiary/aromatic N) is 7. The van der Waals surface area contributed by atoms with Crippen LogP contribution in [-0.4, -0.2) is 123 Å². The Kier molecular flexibility index (Phi) is 10.3. The summed E-state index contributed by atoms with van der Waals surface area (Å²) in [7, 11) is -10.0. The van der Waals surface area contributed by atoms with Crippen LogP contribution in [0.3, 0.4) is 0 Å². The van der Waals surface area contributed by atoms with E-state index in [4.69, 9.17) is 20.9 Å². The van der Waals surface area contributed by atoms with Gasteiger partial charge >= 0.3 is 22.4 Å². The molecule has 6 rings (SSSR count). The van der Waals surface area contributed by atoms with Gasteiger partial charge in [0.2, 0.25) is 24.5 Å². The highest BCUT2D eigenvalue weighted by molar-refractivity contribution is 8.55. The van der Waals surface area contributed by atoms with Crippen LogP contribution in [0.5, 0.6) is 5.88 Å². The van der Waals surface area contributed by atoms with Gasteiger partial charge in [-0.3, -0.25) is 18.9 Å². The zero-order valence-corrected chi connectivity index (χ0v) is 29.5. The predicted molar refractivity (Wildman–Crippen MR) is 169 cm³/mol. The largest absolute Gasteiger partial charge is 0.490 e. The van der Waals surface area contributed by atoms with E-state index in [2.05, 4.69) is 38.1 Å². The molecule has 52 heavy (non-hydrogen) atoms. The summed E-state index contributed by atoms with van der Waals surface area (Å²) in [6.45, 7) is -6.33. The standard InChI is InChI=1S/C21H29N10O17P3S/c1-29-5-31(15-9(29)17(37)28-21(23)26-15)19-13(35)11(33)7(46-19)3-52-51(42,43)48-50(40,41)47-49(38,39)44-2-6-10(32)12(34)18(45-6)30-4-24-8-14(30)25-20(22)27-16(8)36/h4-7,10-13,18-19,32-35H,2-3H2,1H3,(H8-,22,23,25,26,27,28,36,37,38,39,40,41,42,43)/p+1/t6-,7-,10+,11?,12?,13?,18-,19-/m1/s1. The Morgan fingerprint density at radius 1 is 0.923 bits per heavy atom. The van der Waals surface area contributed by atoms with Gasteiger partial charge in [-0.05, 0) is 11.4 Å². The summed E-state index contributed by atoms with van der Waals surface area (Å²) in [6.07, 6.45) is -10.4. The van der Waals surface area contributed by atoms with Gasteiger partial charge in [-0.25, -0.2) is 23.2 Å². The van der Waals surface area contributed by atoms with E-state index < -0.39 is 95.3 Å². The number of aliphatic hydroxyl groups excluding tert-OH is 4. The van der Waals surface area contributed by atoms with Crippen molar-refractivity contribution in [3.05, 3.63) is 23.0 Å². The fourth-order valence-electron chi connectivity index (χ4n) is 5.41. The number of hydrogen-bond donors (Lipinski definition) is 11. The molecule has 2 aliphatic rings. The van der Waals surface area contributed by atoms with E-state index in [-0.39, 0.29) is 45.6 Å². The van der Waals surface area contributed by atoms with E-state index in [9.17, 15) is 58.7 Å². The number of rotatable bonds is 12. The molecule has 286 valence electrons. The molecule has 2 fully saturated rings. The van der Waals surface area contributed by atoms with Gasteiger partial charge < -0.3 is 61.2 Å². The minimum Gasteiger partial charge on any atom is -0.490 e. The number of nitrogens with two attached hydrogens (primary N) is 2. The first-order valence-electron chi connectivity index (χ1n) is 14.4. The van der Waals surface area contributed by atoms with Gasteiger partial charge in [-0.2, -0.15) is 28.1 Å². The SMILES string of the molecule is C[n+]1cn([C@@H]2O[C@H](CSP(=O)(O)OP(=O)(O)OP(=O)(O)OC[C@H]3O[C@@H](n4cnc5c(=O)[nH]c(N)nc54)C(O)[C@H]3O)C(O)C2O)c2nc(N)nc(O)c21. The lowest BCUT2D eigenvalue weighted by Gasteiger charge is -2.21. The van der Waals surface area contributed by atoms with Crippen molar-refractivity contribution in [2.24, 2.45) is 7.05 Å². The smallest absolute Gasteiger partial charge is 0.488 e. The first kappa shape index (κ1) is 38.6. The average molecular weight is 820 g/mol. The fourth-order valence-corrected chi connectivity index (χ4v) is 11.4. The van der Waals surface area contributed by atoms with Gasteiger partial charge in [0.15, 0.2) is 17.4 Å². The van der Waals surface area contributed by atoms with Gasteiger partial charge in [-0.1, -0.05) is 0 Å². The maximum absolute atomic E-state index is 12.7. The van der Waals surface area contributed by atoms with Crippen molar-refractivity contribution in [3.8, 4) is 5.88 Å². The zero-order valence-electron chi connectivity index (χ0n) is 26.0. The summed E-state index contributed by atoms with van der Waals surface area (Å²) in [6, 6.07) is 0. The van der Waals surface area contributed by atoms with E-state index in [0.717, 1.165) is 10.9 Å². The average Bonchev–Trinajstić information content (AvgIpc) is 3.74. The Hall–Kier alpha value is -3.14. The first-order chi connectivity index (χ1) is 24.2. The van der Waals surface area contributed by atoms with E-state index in [1.54, 1.807) is 0 Å². The van der Waals surface area contributed by atoms with Crippen molar-refractivity contribution in [1.82, 2.24) is 34.1 Å². The normalized spacial score (nSPS) is 30.1. The molecule has 0 saturated carbocycles. The van der Waals surface area contributed by atoms with Gasteiger partial charge in [0.25, 0.3) is 22.6 Å². The molecule has 6 heterocycles. The molecule has 4 aromatic rings. The predicted octanol–water partition coefficient (Wildman–Crippen LogP) is -3.42. The minimum absolute atomic E-state index is 0.000217. The molecule has 0 spiro atoms. The number of fused-ring (bicyclic) bond motifs is 2. The number of phosphoric ester groups is 1. The van der Waals surface area contributed by atoms with Gasteiger partial charge in [-0.15, -0.1) is 0 Å². The van der Waals surface area contributed by atoms with Crippen molar-refractivity contribution in [2.45, 2.75) is 49.1 Å². The quantitative estimate of drug-likeness (QED) is 0.0490. The highest BCUT2D eigenvalue weighted by atomic mass is 32.7. The number of hydrogen-bond acceptors (Lipinski definition) is 21. The Morgan fingerprint density at radius 2 is 1.56 bits per heavy atom. The van der Waals surface area contributed by atoms with Crippen LogP contribution in [0.1, 0.15) is 12.5 Å². The molecule has 0 bridgehead atoms. The molecule has 0 amide bonds. The van der Waals surface area contributed by atoms with Crippen LogP contribution in [0.25, 0.3) is 22.3 Å². The second kappa shape index (κ2) is 13.9. The van der Waals surface area contributed by atoms with Crippen molar-refractivity contribution < 1.29 is 81.1 Å². The molecule has 0 aliphatic carbocycles. The lowest BCUT2D eigenvalue weighted by Crippen LogP contribution is -2.33. The molecule has 0 radical (unpaired) electrons. The van der Waals surface area contributed by atoms with E-state index >= 15 is 0 Å². The monoisotopic (exact) mass is 819 g/mol. The Labute approximate surface area is 291 Å². The summed E-state index contributed by atoms with van der Waals surface area (Å²) in [4.78, 5) is 60.0. The Bertz CT molecular complexity index is 2220. The lowest BCUT2D eigenvalue weighted by atomic mass is 10.1. The molecule has 2 saturated heterocycles. The van der Waals surface area contributed by atoms with Crippen LogP contribution in [-0.2, 0) is 43.4 Å². The van der Waals surface area contributed by atoms with E-state index in [1.807, 2.05) is 0 Å². The lowest BCUT2D eigenvalue weighted by molar-refractivity contribution is -0.646. The van der Waals surface area contributed by atoms with Gasteiger partial charge in [0.1, 0.15) is 36.6 Å². The highest BCUT2D eigenvalue weighted by Gasteiger charge is 2.50. The summed E-state index contributed by atoms with van der Waals surface area (Å²) in [5.41, 5.74) is 10.2. The number of aliphatic hydroxyl groups is 4. The number of phosphoric acid groups is 2. The van der Waals surface area contributed by atoms with Crippen LogP contribution in [0.4, 0.5) is 11.9 Å². The second-order valence-electron chi connectivity index (χ2n) is 11.2. The maximum atomic E-state index is 12.7. The molecule has 2 aliphatic heterocycles. The summed E-state index contributed by atoms with van der Waals surface area (Å²) >= 11 is -0.0733. The molecule has 27 nitrogen and oxygen atoms in total. The number of anilines is 2. The van der Waals surface area contributed by atoms with Gasteiger partial charge in [0, 0.05) is 5.75 Å². The number of aromatic hydroxyl groups is 1. The molecule has 6 unspecified atom stereocenters. The van der Waals surface area contributed by atoms with Gasteiger partial charge in [0.05, 0.1) is 20.0 Å². The summed E-state index contributed by atoms with van der Waals surface area (Å²) in [5, 5.41) is 52.4. The van der Waals surface area contributed by atoms with Crippen molar-refractivity contribution in [3.63, 3.8) is 0 Å². The molecular weight excluding hydrogens is 789 g/mol. The zero-order chi connectivity index (χ0) is 38.1. The summed E-state index contributed by atoms with van der Waals surface area (Å²) in [5.74, 6) is -1.77. The third kappa shape index (κ3) is 7.60. The maximum Gasteiger partial charge on any atom is 0.488 e. The molecule has 13 N–H and O–H groups in total. The Morgan fingerprint density at radius 3 is 2.25 bits per heavy atom. The first-order valence-corrected chi connectivity index (χ1v) is 20.5. The van der Waals surface area contributed by atoms with Crippen molar-refractivity contribution in [1.29, 1.82) is 0 Å².